The van der Waals surface area contributed by atoms with Gasteiger partial charge in [0, 0.05) is 18.7 Å². The van der Waals surface area contributed by atoms with E-state index >= 15 is 0 Å². The van der Waals surface area contributed by atoms with Crippen molar-refractivity contribution in [3.63, 3.8) is 0 Å². The van der Waals surface area contributed by atoms with Gasteiger partial charge < -0.3 is 9.64 Å². The van der Waals surface area contributed by atoms with E-state index in [-0.39, 0.29) is 11.1 Å². The number of hydrogen-bond acceptors (Lipinski definition) is 6. The molecule has 0 amide bonds. The van der Waals surface area contributed by atoms with Crippen LogP contribution in [0, 0.1) is 0 Å². The van der Waals surface area contributed by atoms with E-state index < -0.39 is 20.0 Å². The van der Waals surface area contributed by atoms with Gasteiger partial charge in [0.15, 0.2) is 0 Å². The number of benzene rings is 2. The molecule has 8 nitrogen and oxygen atoms in total. The molecule has 144 valence electrons. The summed E-state index contributed by atoms with van der Waals surface area (Å²) < 4.78 is 58.7. The number of nitrogens with zero attached hydrogens (tertiary/aromatic N) is 1. The van der Waals surface area contributed by atoms with Crippen LogP contribution >= 0.6 is 0 Å². The number of fused-ring (bicyclic) bond motifs is 3. The fourth-order valence-electron chi connectivity index (χ4n) is 3.40. The molecule has 0 saturated carbocycles. The van der Waals surface area contributed by atoms with E-state index in [1.165, 1.54) is 12.1 Å². The zero-order valence-electron chi connectivity index (χ0n) is 14.5. The predicted octanol–water partition coefficient (Wildman–Crippen LogP) is 2.07. The maximum absolute atomic E-state index is 12.6. The average molecular weight is 409 g/mol. The maximum atomic E-state index is 12.6. The third-order valence-electron chi connectivity index (χ3n) is 4.45. The minimum atomic E-state index is -3.61. The van der Waals surface area contributed by atoms with E-state index in [4.69, 9.17) is 4.74 Å². The molecule has 1 unspecified atom stereocenters. The van der Waals surface area contributed by atoms with Gasteiger partial charge in [0.2, 0.25) is 20.0 Å². The topological polar surface area (TPSA) is 105 Å². The van der Waals surface area contributed by atoms with Crippen LogP contribution < -0.4 is 19.1 Å². The molecule has 27 heavy (non-hydrogen) atoms. The summed E-state index contributed by atoms with van der Waals surface area (Å²) >= 11 is 0. The second-order valence-corrected chi connectivity index (χ2v) is 10.0. The van der Waals surface area contributed by atoms with Crippen LogP contribution in [0.15, 0.2) is 47.4 Å². The first-order valence-electron chi connectivity index (χ1n) is 8.40. The molecule has 2 aromatic rings. The van der Waals surface area contributed by atoms with Gasteiger partial charge in [0.05, 0.1) is 23.8 Å². The first-order valence-corrected chi connectivity index (χ1v) is 11.8. The Hall–Kier alpha value is -2.30. The predicted molar refractivity (Wildman–Crippen MR) is 102 cm³/mol. The summed E-state index contributed by atoms with van der Waals surface area (Å²) in [5.74, 6) is 0.747. The second kappa shape index (κ2) is 6.39. The highest BCUT2D eigenvalue weighted by Crippen LogP contribution is 2.38. The molecule has 2 aromatic carbocycles. The van der Waals surface area contributed by atoms with Crippen LogP contribution in [0.3, 0.4) is 0 Å². The maximum Gasteiger partial charge on any atom is 0.244 e. The Morgan fingerprint density at radius 2 is 1.96 bits per heavy atom. The van der Waals surface area contributed by atoms with E-state index in [9.17, 15) is 16.8 Å². The van der Waals surface area contributed by atoms with E-state index in [1.54, 1.807) is 30.3 Å². The molecule has 2 aliphatic heterocycles. The van der Waals surface area contributed by atoms with Crippen molar-refractivity contribution in [1.29, 1.82) is 0 Å². The second-order valence-electron chi connectivity index (χ2n) is 6.61. The first kappa shape index (κ1) is 18.1. The Morgan fingerprint density at radius 3 is 2.74 bits per heavy atom. The summed E-state index contributed by atoms with van der Waals surface area (Å²) in [4.78, 5) is 2.24. The summed E-state index contributed by atoms with van der Waals surface area (Å²) in [5, 5.41) is 0. The van der Waals surface area contributed by atoms with Crippen molar-refractivity contribution in [2.75, 3.05) is 22.4 Å². The van der Waals surface area contributed by atoms with Gasteiger partial charge in [-0.3, -0.25) is 4.72 Å². The third-order valence-corrected chi connectivity index (χ3v) is 6.54. The van der Waals surface area contributed by atoms with Gasteiger partial charge >= 0.3 is 0 Å². The number of anilines is 2. The SMILES string of the molecule is CS(=O)(=O)Nc1cccc(Oc2ccc3c(c2)S(=O)(=O)NC2CCCN32)c1. The highest BCUT2D eigenvalue weighted by atomic mass is 32.2. The van der Waals surface area contributed by atoms with E-state index in [1.807, 2.05) is 0 Å². The highest BCUT2D eigenvalue weighted by Gasteiger charge is 2.37. The highest BCUT2D eigenvalue weighted by molar-refractivity contribution is 7.92. The van der Waals surface area contributed by atoms with Gasteiger partial charge in [-0.2, -0.15) is 4.72 Å². The van der Waals surface area contributed by atoms with Crippen molar-refractivity contribution >= 4 is 31.4 Å². The molecular formula is C17H19N3O5S2. The first-order chi connectivity index (χ1) is 12.7. The molecular weight excluding hydrogens is 390 g/mol. The van der Waals surface area contributed by atoms with Crippen molar-refractivity contribution in [1.82, 2.24) is 4.72 Å². The molecule has 2 aliphatic rings. The zero-order valence-corrected chi connectivity index (χ0v) is 16.2. The summed E-state index contributed by atoms with van der Waals surface area (Å²) in [6.45, 7) is 0.805. The summed E-state index contributed by atoms with van der Waals surface area (Å²) in [6, 6.07) is 11.4. The van der Waals surface area contributed by atoms with Crippen molar-refractivity contribution < 1.29 is 21.6 Å². The fraction of sp³-hybridized carbons (Fsp3) is 0.294. The van der Waals surface area contributed by atoms with Crippen molar-refractivity contribution in [3.05, 3.63) is 42.5 Å². The summed E-state index contributed by atoms with van der Waals surface area (Å²) in [5.41, 5.74) is 1.04. The van der Waals surface area contributed by atoms with Gasteiger partial charge in [0.1, 0.15) is 16.4 Å². The van der Waals surface area contributed by atoms with Crippen LogP contribution in [0.2, 0.25) is 0 Å². The lowest BCUT2D eigenvalue weighted by atomic mass is 10.2. The molecule has 4 rings (SSSR count). The molecule has 0 spiro atoms. The molecule has 0 bridgehead atoms. The molecule has 2 N–H and O–H groups in total. The Labute approximate surface area is 158 Å². The zero-order chi connectivity index (χ0) is 19.2. The molecule has 0 radical (unpaired) electrons. The molecule has 2 heterocycles. The van der Waals surface area contributed by atoms with Gasteiger partial charge in [-0.05, 0) is 37.1 Å². The normalized spacial score (nSPS) is 20.6. The van der Waals surface area contributed by atoms with Gasteiger partial charge in [0.25, 0.3) is 0 Å². The van der Waals surface area contributed by atoms with E-state index in [0.717, 1.165) is 25.6 Å². The number of ether oxygens (including phenoxy) is 1. The Kier molecular flexibility index (Phi) is 4.28. The molecule has 0 aromatic heterocycles. The largest absolute Gasteiger partial charge is 0.457 e. The van der Waals surface area contributed by atoms with Crippen molar-refractivity contribution in [2.24, 2.45) is 0 Å². The quantitative estimate of drug-likeness (QED) is 0.801. The Morgan fingerprint density at radius 1 is 1.19 bits per heavy atom. The molecule has 1 atom stereocenters. The average Bonchev–Trinajstić information content (AvgIpc) is 3.01. The Balaban J connectivity index is 1.64. The standard InChI is InChI=1S/C17H19N3O5S2/c1-26(21,22)18-12-4-2-5-13(10-12)25-14-7-8-15-16(11-14)27(23,24)19-17-6-3-9-20(15)17/h2,4-5,7-8,10-11,17-19H,3,6,9H2,1H3. The van der Waals surface area contributed by atoms with Crippen LogP contribution in [-0.2, 0) is 20.0 Å². The van der Waals surface area contributed by atoms with Gasteiger partial charge in [-0.1, -0.05) is 6.07 Å². The van der Waals surface area contributed by atoms with E-state index in [2.05, 4.69) is 14.3 Å². The fourth-order valence-corrected chi connectivity index (χ4v) is 5.42. The van der Waals surface area contributed by atoms with Crippen LogP contribution in [-0.4, -0.2) is 35.8 Å². The van der Waals surface area contributed by atoms with Gasteiger partial charge in [-0.25, -0.2) is 16.8 Å². The van der Waals surface area contributed by atoms with Crippen molar-refractivity contribution in [2.45, 2.75) is 23.9 Å². The monoisotopic (exact) mass is 409 g/mol. The summed E-state index contributed by atoms with van der Waals surface area (Å²) in [7, 11) is -7.01. The molecule has 1 fully saturated rings. The minimum absolute atomic E-state index is 0.184. The lowest BCUT2D eigenvalue weighted by Crippen LogP contribution is -2.48. The number of rotatable bonds is 4. The van der Waals surface area contributed by atoms with Crippen LogP contribution in [0.25, 0.3) is 0 Å². The molecule has 0 aliphatic carbocycles. The Bertz CT molecular complexity index is 1100. The summed E-state index contributed by atoms with van der Waals surface area (Å²) in [6.07, 6.45) is 2.60. The third kappa shape index (κ3) is 3.73. The smallest absolute Gasteiger partial charge is 0.244 e. The lowest BCUT2D eigenvalue weighted by molar-refractivity contribution is 0.479. The van der Waals surface area contributed by atoms with Crippen LogP contribution in [0.4, 0.5) is 11.4 Å². The van der Waals surface area contributed by atoms with Gasteiger partial charge in [-0.15, -0.1) is 0 Å². The number of nitrogens with one attached hydrogen (secondary N) is 2. The number of hydrogen-bond donors (Lipinski definition) is 2. The lowest BCUT2D eigenvalue weighted by Gasteiger charge is -2.33. The van der Waals surface area contributed by atoms with Crippen LogP contribution in [0.1, 0.15) is 12.8 Å². The minimum Gasteiger partial charge on any atom is -0.457 e. The molecule has 1 saturated heterocycles. The number of sulfonamides is 2. The van der Waals surface area contributed by atoms with E-state index in [0.29, 0.717) is 22.9 Å². The molecule has 10 heteroatoms. The van der Waals surface area contributed by atoms with Crippen LogP contribution in [0.5, 0.6) is 11.5 Å². The van der Waals surface area contributed by atoms with Crippen molar-refractivity contribution in [3.8, 4) is 11.5 Å².